The molecular weight excluding hydrogens is 252 g/mol. The molecule has 0 bridgehead atoms. The molecule has 0 aliphatic heterocycles. The summed E-state index contributed by atoms with van der Waals surface area (Å²) >= 11 is -2.31. The Morgan fingerprint density at radius 3 is 2.22 bits per heavy atom. The maximum absolute atomic E-state index is 10.4. The summed E-state index contributed by atoms with van der Waals surface area (Å²) in [6.07, 6.45) is 0. The Morgan fingerprint density at radius 1 is 0.944 bits per heavy atom. The molecule has 5 nitrogen and oxygen atoms in total. The van der Waals surface area contributed by atoms with Gasteiger partial charge < -0.3 is 14.1 Å². The minimum atomic E-state index is -2.31. The van der Waals surface area contributed by atoms with E-state index in [0.717, 1.165) is 5.69 Å². The fraction of sp³-hybridized carbons (Fsp3) is 0. The lowest BCUT2D eigenvalue weighted by molar-refractivity contribution is 0.405. The second kappa shape index (κ2) is 6.04. The number of rotatable bonds is 5. The van der Waals surface area contributed by atoms with Gasteiger partial charge in [0.25, 0.3) is 0 Å². The fourth-order valence-electron chi connectivity index (χ4n) is 1.31. The molecule has 0 saturated heterocycles. The molecule has 2 aromatic rings. The summed E-state index contributed by atoms with van der Waals surface area (Å²) in [6, 6.07) is 16.0. The van der Waals surface area contributed by atoms with Crippen LogP contribution in [0.4, 0.5) is 11.4 Å². The van der Waals surface area contributed by atoms with Crippen LogP contribution in [-0.2, 0) is 11.3 Å². The number of anilines is 2. The molecular formula is C12H11N2O3S-. The lowest BCUT2D eigenvalue weighted by Gasteiger charge is -2.10. The summed E-state index contributed by atoms with van der Waals surface area (Å²) in [5.74, 6) is 0.584. The second-order valence-electron chi connectivity index (χ2n) is 3.43. The van der Waals surface area contributed by atoms with E-state index < -0.39 is 11.3 Å². The molecule has 0 fully saturated rings. The summed E-state index contributed by atoms with van der Waals surface area (Å²) in [4.78, 5) is 5.32. The summed E-state index contributed by atoms with van der Waals surface area (Å²) in [5, 5.41) is 0. The molecule has 0 radical (unpaired) electrons. The van der Waals surface area contributed by atoms with Crippen LogP contribution in [0.25, 0.3) is 0 Å². The van der Waals surface area contributed by atoms with E-state index in [-0.39, 0.29) is 0 Å². The van der Waals surface area contributed by atoms with Gasteiger partial charge in [0.2, 0.25) is 0 Å². The highest BCUT2D eigenvalue weighted by Crippen LogP contribution is 2.16. The van der Waals surface area contributed by atoms with Gasteiger partial charge in [0.1, 0.15) is 0 Å². The Bertz CT molecular complexity index is 517. The molecule has 94 valence electrons. The van der Waals surface area contributed by atoms with E-state index in [9.17, 15) is 8.76 Å². The zero-order chi connectivity index (χ0) is 12.8. The van der Waals surface area contributed by atoms with E-state index in [0.29, 0.717) is 11.4 Å². The van der Waals surface area contributed by atoms with Crippen molar-refractivity contribution in [3.8, 4) is 5.75 Å². The monoisotopic (exact) mass is 263 g/mol. The summed E-state index contributed by atoms with van der Waals surface area (Å²) in [5.41, 5.74) is 4.09. The van der Waals surface area contributed by atoms with Gasteiger partial charge in [0.05, 0.1) is 5.69 Å². The second-order valence-corrected chi connectivity index (χ2v) is 4.10. The average molecular weight is 263 g/mol. The number of para-hydroxylation sites is 1. The molecule has 1 atom stereocenters. The number of hydrogen-bond acceptors (Lipinski definition) is 4. The molecule has 2 N–H and O–H groups in total. The topological polar surface area (TPSA) is 73.4 Å². The third-order valence-corrected chi connectivity index (χ3v) is 2.52. The molecule has 6 heteroatoms. The minimum absolute atomic E-state index is 0.482. The highest BCUT2D eigenvalue weighted by Gasteiger charge is 1.96. The number of nitrogens with one attached hydrogen (secondary N) is 2. The molecule has 0 spiro atoms. The van der Waals surface area contributed by atoms with E-state index in [1.165, 1.54) is 0 Å². The van der Waals surface area contributed by atoms with Crippen molar-refractivity contribution in [3.05, 3.63) is 54.6 Å². The van der Waals surface area contributed by atoms with Crippen molar-refractivity contribution in [1.82, 2.24) is 0 Å². The van der Waals surface area contributed by atoms with Crippen molar-refractivity contribution in [2.45, 2.75) is 0 Å². The molecule has 2 rings (SSSR count). The maximum Gasteiger partial charge on any atom is 0.155 e. The van der Waals surface area contributed by atoms with Gasteiger partial charge in [-0.1, -0.05) is 18.2 Å². The van der Waals surface area contributed by atoms with Crippen molar-refractivity contribution in [2.75, 3.05) is 10.2 Å². The van der Waals surface area contributed by atoms with Crippen LogP contribution in [0.1, 0.15) is 0 Å². The van der Waals surface area contributed by atoms with Crippen LogP contribution in [0.3, 0.4) is 0 Å². The van der Waals surface area contributed by atoms with Gasteiger partial charge in [0, 0.05) is 17.0 Å². The summed E-state index contributed by atoms with van der Waals surface area (Å²) < 4.78 is 23.1. The van der Waals surface area contributed by atoms with Crippen molar-refractivity contribution in [2.24, 2.45) is 0 Å². The molecule has 18 heavy (non-hydrogen) atoms. The van der Waals surface area contributed by atoms with Crippen molar-refractivity contribution in [1.29, 1.82) is 0 Å². The van der Waals surface area contributed by atoms with E-state index in [2.05, 4.69) is 10.2 Å². The van der Waals surface area contributed by atoms with Gasteiger partial charge in [-0.25, -0.2) is 5.48 Å². The largest absolute Gasteiger partial charge is 0.755 e. The first-order valence-corrected chi connectivity index (χ1v) is 6.25. The molecule has 0 aromatic heterocycles. The van der Waals surface area contributed by atoms with Crippen LogP contribution in [0.15, 0.2) is 54.6 Å². The molecule has 0 aliphatic rings. The molecule has 0 heterocycles. The van der Waals surface area contributed by atoms with Gasteiger partial charge in [-0.3, -0.25) is 4.21 Å². The summed E-state index contributed by atoms with van der Waals surface area (Å²) in [7, 11) is 0. The molecule has 0 aliphatic carbocycles. The van der Waals surface area contributed by atoms with Crippen LogP contribution in [0, 0.1) is 0 Å². The summed E-state index contributed by atoms with van der Waals surface area (Å²) in [6.45, 7) is 0. The zero-order valence-corrected chi connectivity index (χ0v) is 10.1. The highest BCUT2D eigenvalue weighted by molar-refractivity contribution is 7.80. The first-order valence-electron chi connectivity index (χ1n) is 5.18. The zero-order valence-electron chi connectivity index (χ0n) is 9.33. The molecule has 0 amide bonds. The van der Waals surface area contributed by atoms with Crippen molar-refractivity contribution < 1.29 is 13.6 Å². The van der Waals surface area contributed by atoms with Gasteiger partial charge in [0.15, 0.2) is 5.75 Å². The first kappa shape index (κ1) is 12.4. The quantitative estimate of drug-likeness (QED) is 0.641. The smallest absolute Gasteiger partial charge is 0.155 e. The highest BCUT2D eigenvalue weighted by atomic mass is 32.2. The Balaban J connectivity index is 1.92. The predicted octanol–water partition coefficient (Wildman–Crippen LogP) is 2.30. The fourth-order valence-corrected chi connectivity index (χ4v) is 1.64. The maximum atomic E-state index is 10.4. The van der Waals surface area contributed by atoms with E-state index >= 15 is 0 Å². The Morgan fingerprint density at radius 2 is 1.61 bits per heavy atom. The van der Waals surface area contributed by atoms with Crippen LogP contribution in [0.2, 0.25) is 0 Å². The van der Waals surface area contributed by atoms with Crippen molar-refractivity contribution >= 4 is 22.6 Å². The third kappa shape index (κ3) is 3.76. The van der Waals surface area contributed by atoms with Gasteiger partial charge in [-0.2, -0.15) is 0 Å². The Hall–Kier alpha value is -2.05. The van der Waals surface area contributed by atoms with Crippen LogP contribution in [-0.4, -0.2) is 8.76 Å². The van der Waals surface area contributed by atoms with Crippen LogP contribution < -0.4 is 15.0 Å². The number of hydrogen-bond donors (Lipinski definition) is 2. The predicted molar refractivity (Wildman–Crippen MR) is 69.7 cm³/mol. The van der Waals surface area contributed by atoms with E-state index in [1.54, 1.807) is 24.3 Å². The van der Waals surface area contributed by atoms with Crippen molar-refractivity contribution in [3.63, 3.8) is 0 Å². The SMILES string of the molecule is O=S([O-])Nc1ccc(ONc2ccccc2)cc1. The Kier molecular flexibility index (Phi) is 4.16. The van der Waals surface area contributed by atoms with Gasteiger partial charge >= 0.3 is 0 Å². The minimum Gasteiger partial charge on any atom is -0.755 e. The standard InChI is InChI=1S/C12H12N2O3S/c15-18(16)14-11-6-8-12(9-7-11)17-13-10-4-2-1-3-5-10/h1-9,13-14H,(H,15,16)/p-1. The van der Waals surface area contributed by atoms with E-state index in [4.69, 9.17) is 4.84 Å². The molecule has 2 aromatic carbocycles. The Labute approximate surface area is 107 Å². The number of benzene rings is 2. The lowest BCUT2D eigenvalue weighted by Crippen LogP contribution is -2.05. The first-order chi connectivity index (χ1) is 8.74. The molecule has 0 saturated carbocycles. The lowest BCUT2D eigenvalue weighted by atomic mass is 10.3. The van der Waals surface area contributed by atoms with E-state index in [1.807, 2.05) is 30.3 Å². The average Bonchev–Trinajstić information content (AvgIpc) is 2.38. The van der Waals surface area contributed by atoms with Gasteiger partial charge in [-0.05, 0) is 36.4 Å². The molecule has 1 unspecified atom stereocenters. The normalized spacial score (nSPS) is 11.6. The van der Waals surface area contributed by atoms with Crippen LogP contribution in [0.5, 0.6) is 5.75 Å². The van der Waals surface area contributed by atoms with Gasteiger partial charge in [-0.15, -0.1) is 0 Å². The third-order valence-electron chi connectivity index (χ3n) is 2.12. The van der Waals surface area contributed by atoms with Crippen LogP contribution >= 0.6 is 0 Å².